The Balaban J connectivity index is 1.55. The number of fused-ring (bicyclic) bond motifs is 2. The third-order valence-electron chi connectivity index (χ3n) is 5.46. The molecule has 4 aromatic heterocycles. The van der Waals surface area contributed by atoms with E-state index in [0.29, 0.717) is 16.1 Å². The monoisotopic (exact) mass is 439 g/mol. The Labute approximate surface area is 183 Å². The third kappa shape index (κ3) is 3.59. The molecule has 0 amide bonds. The molecule has 0 aromatic carbocycles. The lowest BCUT2D eigenvalue weighted by Crippen LogP contribution is -2.24. The zero-order valence-corrected chi connectivity index (χ0v) is 18.3. The van der Waals surface area contributed by atoms with E-state index in [9.17, 15) is 0 Å². The lowest BCUT2D eigenvalue weighted by molar-refractivity contribution is 0.744. The normalized spacial score (nSPS) is 18.3. The van der Waals surface area contributed by atoms with Crippen molar-refractivity contribution >= 4 is 51.2 Å². The molecular weight excluding hydrogens is 418 g/mol. The molecular formula is C21H22ClN7S. The summed E-state index contributed by atoms with van der Waals surface area (Å²) in [7, 11) is 2.04. The van der Waals surface area contributed by atoms with Crippen LogP contribution in [0.5, 0.6) is 0 Å². The van der Waals surface area contributed by atoms with E-state index in [1.54, 1.807) is 6.20 Å². The van der Waals surface area contributed by atoms with E-state index in [-0.39, 0.29) is 6.04 Å². The van der Waals surface area contributed by atoms with Crippen LogP contribution in [0.4, 0.5) is 5.82 Å². The van der Waals surface area contributed by atoms with Crippen molar-refractivity contribution in [1.82, 2.24) is 24.9 Å². The highest BCUT2D eigenvalue weighted by atomic mass is 35.5. The van der Waals surface area contributed by atoms with Crippen LogP contribution in [0.3, 0.4) is 0 Å². The van der Waals surface area contributed by atoms with Crippen LogP contribution in [-0.4, -0.2) is 44.6 Å². The first-order valence-corrected chi connectivity index (χ1v) is 11.2. The van der Waals surface area contributed by atoms with E-state index in [1.165, 1.54) is 11.8 Å². The summed E-state index contributed by atoms with van der Waals surface area (Å²) in [6, 6.07) is 6.12. The summed E-state index contributed by atoms with van der Waals surface area (Å²) in [6.45, 7) is 2.92. The number of aryl methyl sites for hydroxylation is 1. The van der Waals surface area contributed by atoms with Gasteiger partial charge in [0.1, 0.15) is 11.5 Å². The smallest absolute Gasteiger partial charge is 0.196 e. The number of pyridine rings is 2. The Morgan fingerprint density at radius 1 is 1.30 bits per heavy atom. The van der Waals surface area contributed by atoms with E-state index < -0.39 is 0 Å². The number of nitrogens with one attached hydrogen (secondary N) is 1. The van der Waals surface area contributed by atoms with Gasteiger partial charge in [0.05, 0.1) is 21.4 Å². The molecule has 4 heterocycles. The van der Waals surface area contributed by atoms with Gasteiger partial charge in [-0.25, -0.2) is 9.97 Å². The van der Waals surface area contributed by atoms with Crippen molar-refractivity contribution in [2.75, 3.05) is 18.5 Å². The molecule has 1 fully saturated rings. The van der Waals surface area contributed by atoms with Crippen molar-refractivity contribution < 1.29 is 0 Å². The van der Waals surface area contributed by atoms with Gasteiger partial charge in [-0.3, -0.25) is 9.97 Å². The van der Waals surface area contributed by atoms with E-state index in [0.717, 1.165) is 57.9 Å². The first-order chi connectivity index (χ1) is 14.5. The fourth-order valence-corrected chi connectivity index (χ4v) is 4.76. The van der Waals surface area contributed by atoms with Gasteiger partial charge >= 0.3 is 0 Å². The first kappa shape index (κ1) is 19.5. The molecule has 0 unspecified atom stereocenters. The van der Waals surface area contributed by atoms with Crippen molar-refractivity contribution in [3.05, 3.63) is 41.3 Å². The molecule has 3 N–H and O–H groups in total. The van der Waals surface area contributed by atoms with Gasteiger partial charge in [-0.1, -0.05) is 18.5 Å². The Hall–Kier alpha value is -2.42. The van der Waals surface area contributed by atoms with Crippen molar-refractivity contribution in [1.29, 1.82) is 0 Å². The molecule has 0 bridgehead atoms. The average molecular weight is 440 g/mol. The summed E-state index contributed by atoms with van der Waals surface area (Å²) in [6.07, 6.45) is 5.45. The van der Waals surface area contributed by atoms with Crippen LogP contribution in [-0.2, 0) is 6.42 Å². The summed E-state index contributed by atoms with van der Waals surface area (Å²) in [5.41, 5.74) is 9.46. The Kier molecular flexibility index (Phi) is 5.00. The molecule has 0 saturated heterocycles. The number of aromatic nitrogens is 5. The Morgan fingerprint density at radius 2 is 2.13 bits per heavy atom. The van der Waals surface area contributed by atoms with Crippen molar-refractivity contribution in [2.45, 2.75) is 35.9 Å². The number of H-pyrrole nitrogens is 1. The standard InChI is InChI=1S/C21H22ClN7S/c1-3-14-18(22)17-19(26-14)27-21(28-20(17)29(2)10-11-7-13(11)23)30-12-8-16-15(25-9-12)5-4-6-24-16/h4-6,8-9,11,13H,3,7,10,23H2,1-2H3,(H,26,27,28)/t11-,13+/m1/s1. The van der Waals surface area contributed by atoms with Crippen molar-refractivity contribution in [3.8, 4) is 0 Å². The zero-order chi connectivity index (χ0) is 20.8. The highest BCUT2D eigenvalue weighted by molar-refractivity contribution is 7.99. The summed E-state index contributed by atoms with van der Waals surface area (Å²) in [4.78, 5) is 25.0. The fourth-order valence-electron chi connectivity index (χ4n) is 3.65. The van der Waals surface area contributed by atoms with Gasteiger partial charge in [-0.15, -0.1) is 0 Å². The summed E-state index contributed by atoms with van der Waals surface area (Å²) < 4.78 is 0. The Morgan fingerprint density at radius 3 is 2.90 bits per heavy atom. The van der Waals surface area contributed by atoms with Crippen molar-refractivity contribution in [2.24, 2.45) is 11.7 Å². The highest BCUT2D eigenvalue weighted by Gasteiger charge is 2.35. The van der Waals surface area contributed by atoms with Gasteiger partial charge in [-0.05, 0) is 48.7 Å². The van der Waals surface area contributed by atoms with E-state index in [2.05, 4.69) is 26.8 Å². The molecule has 154 valence electrons. The quantitative estimate of drug-likeness (QED) is 0.437. The number of rotatable bonds is 6. The third-order valence-corrected chi connectivity index (χ3v) is 6.70. The number of nitrogens with two attached hydrogens (primary N) is 1. The topological polar surface area (TPSA) is 96.6 Å². The SMILES string of the molecule is CCc1[nH]c2nc(Sc3cnc4cccnc4c3)nc(N(C)C[C@H]3C[C@@H]3N)c2c1Cl. The van der Waals surface area contributed by atoms with Gasteiger partial charge in [0.15, 0.2) is 5.16 Å². The van der Waals surface area contributed by atoms with Gasteiger partial charge in [0, 0.05) is 42.6 Å². The second-order valence-corrected chi connectivity index (χ2v) is 9.10. The average Bonchev–Trinajstić information content (AvgIpc) is 3.34. The van der Waals surface area contributed by atoms with Crippen LogP contribution in [0, 0.1) is 5.92 Å². The molecule has 5 rings (SSSR count). The molecule has 30 heavy (non-hydrogen) atoms. The summed E-state index contributed by atoms with van der Waals surface area (Å²) in [5, 5.41) is 2.21. The minimum atomic E-state index is 0.280. The Bertz CT molecular complexity index is 1240. The first-order valence-electron chi connectivity index (χ1n) is 9.97. The summed E-state index contributed by atoms with van der Waals surface area (Å²) >= 11 is 8.15. The molecule has 0 radical (unpaired) electrons. The number of hydrogen-bond acceptors (Lipinski definition) is 7. The number of anilines is 1. The molecule has 1 aliphatic rings. The van der Waals surface area contributed by atoms with Gasteiger partial charge < -0.3 is 15.6 Å². The van der Waals surface area contributed by atoms with E-state index in [4.69, 9.17) is 27.3 Å². The molecule has 2 atom stereocenters. The summed E-state index contributed by atoms with van der Waals surface area (Å²) in [5.74, 6) is 1.32. The second kappa shape index (κ2) is 7.68. The lowest BCUT2D eigenvalue weighted by Gasteiger charge is -2.19. The minimum absolute atomic E-state index is 0.280. The maximum Gasteiger partial charge on any atom is 0.196 e. The van der Waals surface area contributed by atoms with E-state index >= 15 is 0 Å². The maximum absolute atomic E-state index is 6.68. The molecule has 4 aromatic rings. The van der Waals surface area contributed by atoms with Crippen LogP contribution in [0.2, 0.25) is 5.02 Å². The van der Waals surface area contributed by atoms with Crippen LogP contribution in [0.25, 0.3) is 22.1 Å². The number of nitrogens with zero attached hydrogens (tertiary/aromatic N) is 5. The van der Waals surface area contributed by atoms with Gasteiger partial charge in [0.2, 0.25) is 0 Å². The second-order valence-electron chi connectivity index (χ2n) is 7.68. The number of halogens is 1. The van der Waals surface area contributed by atoms with E-state index in [1.807, 2.05) is 31.4 Å². The van der Waals surface area contributed by atoms with Gasteiger partial charge in [-0.2, -0.15) is 0 Å². The predicted octanol–water partition coefficient (Wildman–Crippen LogP) is 4.05. The molecule has 9 heteroatoms. The number of aromatic amines is 1. The maximum atomic E-state index is 6.68. The molecule has 1 aliphatic carbocycles. The van der Waals surface area contributed by atoms with Crippen molar-refractivity contribution in [3.63, 3.8) is 0 Å². The predicted molar refractivity (Wildman–Crippen MR) is 121 cm³/mol. The molecule has 1 saturated carbocycles. The minimum Gasteiger partial charge on any atom is -0.359 e. The molecule has 0 aliphatic heterocycles. The lowest BCUT2D eigenvalue weighted by atomic mass is 10.2. The van der Waals surface area contributed by atoms with Crippen LogP contribution >= 0.6 is 23.4 Å². The largest absolute Gasteiger partial charge is 0.359 e. The van der Waals surface area contributed by atoms with Crippen LogP contribution in [0.15, 0.2) is 40.6 Å². The highest BCUT2D eigenvalue weighted by Crippen LogP contribution is 2.38. The molecule has 0 spiro atoms. The van der Waals surface area contributed by atoms with Gasteiger partial charge in [0.25, 0.3) is 0 Å². The molecule has 7 nitrogen and oxygen atoms in total. The number of hydrogen-bond donors (Lipinski definition) is 2. The van der Waals surface area contributed by atoms with Crippen LogP contribution in [0.1, 0.15) is 19.0 Å². The fraction of sp³-hybridized carbons (Fsp3) is 0.333. The zero-order valence-electron chi connectivity index (χ0n) is 16.8. The van der Waals surface area contributed by atoms with Crippen LogP contribution < -0.4 is 10.6 Å².